The zero-order chi connectivity index (χ0) is 21.1. The van der Waals surface area contributed by atoms with E-state index in [4.69, 9.17) is 4.74 Å². The number of carbonyl (C=O) groups excluding carboxylic acids is 2. The second-order valence-electron chi connectivity index (χ2n) is 6.47. The summed E-state index contributed by atoms with van der Waals surface area (Å²) in [4.78, 5) is 35.3. The van der Waals surface area contributed by atoms with Crippen molar-refractivity contribution in [3.8, 4) is 11.4 Å². The van der Waals surface area contributed by atoms with Crippen molar-refractivity contribution in [2.75, 3.05) is 12.4 Å². The zero-order valence-corrected chi connectivity index (χ0v) is 15.4. The van der Waals surface area contributed by atoms with Gasteiger partial charge in [0.25, 0.3) is 0 Å². The fourth-order valence-electron chi connectivity index (χ4n) is 2.07. The van der Waals surface area contributed by atoms with E-state index in [-0.39, 0.29) is 11.5 Å². The number of amides is 1. The number of alkyl halides is 3. The molecule has 2 aromatic heterocycles. The molecule has 0 atom stereocenters. The third-order valence-corrected chi connectivity index (χ3v) is 3.13. The molecule has 2 heterocycles. The minimum Gasteiger partial charge on any atom is -0.464 e. The summed E-state index contributed by atoms with van der Waals surface area (Å²) in [6.07, 6.45) is -3.51. The van der Waals surface area contributed by atoms with E-state index in [0.717, 1.165) is 31.6 Å². The summed E-state index contributed by atoms with van der Waals surface area (Å²) in [6, 6.07) is 1.95. The predicted octanol–water partition coefficient (Wildman–Crippen LogP) is 3.69. The van der Waals surface area contributed by atoms with Crippen LogP contribution in [0.2, 0.25) is 0 Å². The Morgan fingerprint density at radius 2 is 1.82 bits per heavy atom. The number of carbonyl (C=O) groups is 2. The molecule has 0 bridgehead atoms. The van der Waals surface area contributed by atoms with Gasteiger partial charge in [-0.3, -0.25) is 10.3 Å². The Hall–Kier alpha value is -3.24. The number of hydrogen-bond acceptors (Lipinski definition) is 7. The number of ether oxygens (including phenoxy) is 2. The summed E-state index contributed by atoms with van der Waals surface area (Å²) in [6.45, 7) is 4.88. The number of halogens is 3. The van der Waals surface area contributed by atoms with Crippen LogP contribution in [0.15, 0.2) is 24.5 Å². The third kappa shape index (κ3) is 5.15. The maximum atomic E-state index is 13.2. The standard InChI is InChI=1S/C17H17F3N4O4/c1-16(2,3)28-15(26)24-13-12(14(25)27-4)23-10(8-22-13)11-9(17(18,19)20)6-5-7-21-11/h5-8H,1-4H3,(H,22,24,26). The van der Waals surface area contributed by atoms with E-state index >= 15 is 0 Å². The summed E-state index contributed by atoms with van der Waals surface area (Å²) >= 11 is 0. The number of pyridine rings is 1. The van der Waals surface area contributed by atoms with Crippen LogP contribution >= 0.6 is 0 Å². The molecule has 0 aromatic carbocycles. The zero-order valence-electron chi connectivity index (χ0n) is 15.4. The molecule has 0 saturated carbocycles. The maximum Gasteiger partial charge on any atom is 0.418 e. The molecule has 0 spiro atoms. The van der Waals surface area contributed by atoms with Gasteiger partial charge in [0.15, 0.2) is 11.5 Å². The molecule has 28 heavy (non-hydrogen) atoms. The molecule has 0 aliphatic heterocycles. The molecule has 0 unspecified atom stereocenters. The Kier molecular flexibility index (Phi) is 5.86. The van der Waals surface area contributed by atoms with Crippen LogP contribution in [0.3, 0.4) is 0 Å². The molecule has 150 valence electrons. The molecular weight excluding hydrogens is 381 g/mol. The highest BCUT2D eigenvalue weighted by Crippen LogP contribution is 2.35. The number of hydrogen-bond donors (Lipinski definition) is 1. The first-order chi connectivity index (χ1) is 12.9. The normalized spacial score (nSPS) is 11.7. The average molecular weight is 398 g/mol. The molecule has 0 radical (unpaired) electrons. The molecule has 1 amide bonds. The Balaban J connectivity index is 2.49. The van der Waals surface area contributed by atoms with E-state index < -0.39 is 40.8 Å². The Labute approximate surface area is 158 Å². The van der Waals surface area contributed by atoms with Crippen LogP contribution in [-0.4, -0.2) is 39.7 Å². The van der Waals surface area contributed by atoms with Gasteiger partial charge in [-0.05, 0) is 32.9 Å². The minimum atomic E-state index is -4.69. The molecule has 0 aliphatic rings. The van der Waals surface area contributed by atoms with Gasteiger partial charge in [0.1, 0.15) is 17.0 Å². The van der Waals surface area contributed by atoms with Crippen molar-refractivity contribution in [3.63, 3.8) is 0 Å². The first-order valence-corrected chi connectivity index (χ1v) is 7.90. The van der Waals surface area contributed by atoms with Crippen LogP contribution in [0.25, 0.3) is 11.4 Å². The van der Waals surface area contributed by atoms with Gasteiger partial charge in [0, 0.05) is 6.20 Å². The van der Waals surface area contributed by atoms with E-state index in [1.54, 1.807) is 20.8 Å². The second kappa shape index (κ2) is 7.79. The predicted molar refractivity (Wildman–Crippen MR) is 91.5 cm³/mol. The summed E-state index contributed by atoms with van der Waals surface area (Å²) < 4.78 is 49.3. The van der Waals surface area contributed by atoms with Gasteiger partial charge in [-0.1, -0.05) is 0 Å². The van der Waals surface area contributed by atoms with E-state index in [1.165, 1.54) is 0 Å². The van der Waals surface area contributed by atoms with Crippen LogP contribution in [0.5, 0.6) is 0 Å². The first-order valence-electron chi connectivity index (χ1n) is 7.90. The summed E-state index contributed by atoms with van der Waals surface area (Å²) in [5.74, 6) is -1.33. The van der Waals surface area contributed by atoms with Gasteiger partial charge in [0.05, 0.1) is 18.9 Å². The van der Waals surface area contributed by atoms with Crippen LogP contribution in [0, 0.1) is 0 Å². The lowest BCUT2D eigenvalue weighted by atomic mass is 10.1. The van der Waals surface area contributed by atoms with Gasteiger partial charge in [-0.2, -0.15) is 13.2 Å². The number of methoxy groups -OCH3 is 1. The summed E-state index contributed by atoms with van der Waals surface area (Å²) in [5.41, 5.74) is -3.20. The fraction of sp³-hybridized carbons (Fsp3) is 0.353. The Bertz CT molecular complexity index is 895. The number of rotatable bonds is 3. The van der Waals surface area contributed by atoms with Gasteiger partial charge >= 0.3 is 18.2 Å². The molecule has 2 rings (SSSR count). The summed E-state index contributed by atoms with van der Waals surface area (Å²) in [7, 11) is 1.05. The van der Waals surface area contributed by atoms with Gasteiger partial charge in [-0.25, -0.2) is 19.6 Å². The summed E-state index contributed by atoms with van der Waals surface area (Å²) in [5, 5.41) is 2.23. The average Bonchev–Trinajstić information content (AvgIpc) is 2.59. The van der Waals surface area contributed by atoms with Crippen LogP contribution in [0.4, 0.5) is 23.8 Å². The van der Waals surface area contributed by atoms with Crippen molar-refractivity contribution < 1.29 is 32.2 Å². The van der Waals surface area contributed by atoms with Crippen molar-refractivity contribution in [1.29, 1.82) is 0 Å². The monoisotopic (exact) mass is 398 g/mol. The van der Waals surface area contributed by atoms with Crippen LogP contribution in [-0.2, 0) is 15.7 Å². The number of anilines is 1. The number of nitrogens with one attached hydrogen (secondary N) is 1. The topological polar surface area (TPSA) is 103 Å². The Morgan fingerprint density at radius 3 is 2.39 bits per heavy atom. The number of esters is 1. The highest BCUT2D eigenvalue weighted by molar-refractivity contribution is 5.97. The highest BCUT2D eigenvalue weighted by atomic mass is 19.4. The minimum absolute atomic E-state index is 0.317. The molecule has 0 saturated heterocycles. The van der Waals surface area contributed by atoms with Crippen LogP contribution < -0.4 is 5.32 Å². The lowest BCUT2D eigenvalue weighted by Gasteiger charge is -2.20. The smallest absolute Gasteiger partial charge is 0.418 e. The molecule has 1 N–H and O–H groups in total. The van der Waals surface area contributed by atoms with E-state index in [9.17, 15) is 22.8 Å². The van der Waals surface area contributed by atoms with E-state index in [0.29, 0.717) is 0 Å². The first kappa shape index (κ1) is 21.1. The quantitative estimate of drug-likeness (QED) is 0.787. The fourth-order valence-corrected chi connectivity index (χ4v) is 2.07. The molecule has 0 aliphatic carbocycles. The molecule has 11 heteroatoms. The van der Waals surface area contributed by atoms with Gasteiger partial charge < -0.3 is 9.47 Å². The highest BCUT2D eigenvalue weighted by Gasteiger charge is 2.35. The molecule has 8 nitrogen and oxygen atoms in total. The van der Waals surface area contributed by atoms with Crippen molar-refractivity contribution in [2.45, 2.75) is 32.5 Å². The second-order valence-corrected chi connectivity index (χ2v) is 6.47. The van der Waals surface area contributed by atoms with Crippen molar-refractivity contribution in [1.82, 2.24) is 15.0 Å². The molecular formula is C17H17F3N4O4. The van der Waals surface area contributed by atoms with Gasteiger partial charge in [-0.15, -0.1) is 0 Å². The lowest BCUT2D eigenvalue weighted by molar-refractivity contribution is -0.137. The molecule has 0 fully saturated rings. The lowest BCUT2D eigenvalue weighted by Crippen LogP contribution is -2.28. The molecule has 2 aromatic rings. The number of nitrogens with zero attached hydrogens (tertiary/aromatic N) is 3. The SMILES string of the molecule is COC(=O)c1nc(-c2ncccc2C(F)(F)F)cnc1NC(=O)OC(C)(C)C. The van der Waals surface area contributed by atoms with Gasteiger partial charge in [0.2, 0.25) is 0 Å². The van der Waals surface area contributed by atoms with Crippen molar-refractivity contribution in [2.24, 2.45) is 0 Å². The Morgan fingerprint density at radius 1 is 1.14 bits per heavy atom. The van der Waals surface area contributed by atoms with Crippen molar-refractivity contribution >= 4 is 17.9 Å². The van der Waals surface area contributed by atoms with E-state index in [2.05, 4.69) is 25.0 Å². The largest absolute Gasteiger partial charge is 0.464 e. The van der Waals surface area contributed by atoms with E-state index in [1.807, 2.05) is 0 Å². The third-order valence-electron chi connectivity index (χ3n) is 3.13. The van der Waals surface area contributed by atoms with Crippen molar-refractivity contribution in [3.05, 3.63) is 35.8 Å². The number of aromatic nitrogens is 3. The maximum absolute atomic E-state index is 13.2. The van der Waals surface area contributed by atoms with Crippen LogP contribution in [0.1, 0.15) is 36.8 Å².